The van der Waals surface area contributed by atoms with Crippen LogP contribution < -0.4 is 5.32 Å². The Morgan fingerprint density at radius 3 is 2.45 bits per heavy atom. The molecule has 1 heterocycles. The van der Waals surface area contributed by atoms with Crippen LogP contribution in [-0.2, 0) is 22.7 Å². The van der Waals surface area contributed by atoms with E-state index in [1.165, 1.54) is 0 Å². The Morgan fingerprint density at radius 1 is 1.07 bits per heavy atom. The molecular weight excluding hydrogens is 364 g/mol. The summed E-state index contributed by atoms with van der Waals surface area (Å²) in [7, 11) is 0. The maximum Gasteiger partial charge on any atom is 0.253 e. The van der Waals surface area contributed by atoms with E-state index in [0.717, 1.165) is 29.5 Å². The molecule has 5 nitrogen and oxygen atoms in total. The zero-order chi connectivity index (χ0) is 20.6. The Labute approximate surface area is 173 Å². The number of aryl methyl sites for hydroxylation is 1. The lowest BCUT2D eigenvalue weighted by Gasteiger charge is -2.32. The number of rotatable bonds is 7. The number of benzene rings is 2. The molecule has 1 N–H and O–H groups in total. The fourth-order valence-corrected chi connectivity index (χ4v) is 3.56. The summed E-state index contributed by atoms with van der Waals surface area (Å²) in [6.45, 7) is 6.96. The average molecular weight is 395 g/mol. The molecular formula is C24H30N2O3. The van der Waals surface area contributed by atoms with Crippen molar-refractivity contribution in [3.63, 3.8) is 0 Å². The number of ether oxygens (including phenoxy) is 1. The first-order valence-corrected chi connectivity index (χ1v) is 10.4. The highest BCUT2D eigenvalue weighted by molar-refractivity contribution is 5.94. The largest absolute Gasteiger partial charge is 0.377 e. The second-order valence-corrected chi connectivity index (χ2v) is 7.63. The SMILES string of the molecule is CCOCc1ccc(CNC(=O)C2CCCN(C(=O)c3ccc(C)cc3)C2)cc1. The molecule has 2 aromatic rings. The summed E-state index contributed by atoms with van der Waals surface area (Å²) in [5, 5.41) is 3.03. The number of piperidine rings is 1. The lowest BCUT2D eigenvalue weighted by Crippen LogP contribution is -2.45. The highest BCUT2D eigenvalue weighted by Gasteiger charge is 2.28. The van der Waals surface area contributed by atoms with Gasteiger partial charge in [0.15, 0.2) is 0 Å². The molecule has 1 aliphatic rings. The van der Waals surface area contributed by atoms with E-state index in [-0.39, 0.29) is 17.7 Å². The Bertz CT molecular complexity index is 815. The van der Waals surface area contributed by atoms with Gasteiger partial charge >= 0.3 is 0 Å². The van der Waals surface area contributed by atoms with Crippen molar-refractivity contribution >= 4 is 11.8 Å². The summed E-state index contributed by atoms with van der Waals surface area (Å²) in [4.78, 5) is 27.2. The first kappa shape index (κ1) is 21.1. The van der Waals surface area contributed by atoms with Crippen LogP contribution >= 0.6 is 0 Å². The van der Waals surface area contributed by atoms with Gasteiger partial charge in [-0.15, -0.1) is 0 Å². The third kappa shape index (κ3) is 5.91. The molecule has 0 bridgehead atoms. The summed E-state index contributed by atoms with van der Waals surface area (Å²) in [5.41, 5.74) is 3.99. The molecule has 0 aromatic heterocycles. The molecule has 1 aliphatic heterocycles. The number of carbonyl (C=O) groups is 2. The van der Waals surface area contributed by atoms with Gasteiger partial charge in [0.25, 0.3) is 5.91 Å². The smallest absolute Gasteiger partial charge is 0.253 e. The third-order valence-corrected chi connectivity index (χ3v) is 5.34. The zero-order valence-corrected chi connectivity index (χ0v) is 17.3. The van der Waals surface area contributed by atoms with Gasteiger partial charge in [-0.2, -0.15) is 0 Å². The van der Waals surface area contributed by atoms with Crippen LogP contribution in [0, 0.1) is 12.8 Å². The molecule has 2 amide bonds. The molecule has 1 atom stereocenters. The molecule has 1 fully saturated rings. The highest BCUT2D eigenvalue weighted by Crippen LogP contribution is 2.19. The van der Waals surface area contributed by atoms with Crippen molar-refractivity contribution in [3.05, 3.63) is 70.8 Å². The Hall–Kier alpha value is -2.66. The highest BCUT2D eigenvalue weighted by atomic mass is 16.5. The standard InChI is InChI=1S/C24H30N2O3/c1-3-29-17-20-10-8-19(9-11-20)15-25-23(27)22-5-4-14-26(16-22)24(28)21-12-6-18(2)7-13-21/h6-13,22H,3-5,14-17H2,1-2H3,(H,25,27). The molecule has 1 unspecified atom stereocenters. The second-order valence-electron chi connectivity index (χ2n) is 7.63. The van der Waals surface area contributed by atoms with Crippen LogP contribution in [0.3, 0.4) is 0 Å². The van der Waals surface area contributed by atoms with Gasteiger partial charge in [0.2, 0.25) is 5.91 Å². The number of carbonyl (C=O) groups excluding carboxylic acids is 2. The average Bonchev–Trinajstić information content (AvgIpc) is 2.77. The number of amides is 2. The Kier molecular flexibility index (Phi) is 7.42. The number of nitrogens with one attached hydrogen (secondary N) is 1. The Morgan fingerprint density at radius 2 is 1.76 bits per heavy atom. The van der Waals surface area contributed by atoms with Crippen LogP contribution in [0.2, 0.25) is 0 Å². The third-order valence-electron chi connectivity index (χ3n) is 5.34. The number of hydrogen-bond donors (Lipinski definition) is 1. The van der Waals surface area contributed by atoms with Crippen molar-refractivity contribution in [3.8, 4) is 0 Å². The van der Waals surface area contributed by atoms with E-state index in [9.17, 15) is 9.59 Å². The van der Waals surface area contributed by atoms with Gasteiger partial charge in [0.1, 0.15) is 0 Å². The molecule has 5 heteroatoms. The zero-order valence-electron chi connectivity index (χ0n) is 17.3. The monoisotopic (exact) mass is 394 g/mol. The lowest BCUT2D eigenvalue weighted by molar-refractivity contribution is -0.126. The van der Waals surface area contributed by atoms with E-state index in [2.05, 4.69) is 5.32 Å². The van der Waals surface area contributed by atoms with Crippen molar-refractivity contribution in [2.24, 2.45) is 5.92 Å². The predicted molar refractivity (Wildman–Crippen MR) is 113 cm³/mol. The van der Waals surface area contributed by atoms with Gasteiger partial charge in [-0.3, -0.25) is 9.59 Å². The molecule has 0 aliphatic carbocycles. The first-order chi connectivity index (χ1) is 14.1. The number of hydrogen-bond acceptors (Lipinski definition) is 3. The summed E-state index contributed by atoms with van der Waals surface area (Å²) in [6, 6.07) is 15.7. The summed E-state index contributed by atoms with van der Waals surface area (Å²) in [5.74, 6) is -0.132. The molecule has 154 valence electrons. The quantitative estimate of drug-likeness (QED) is 0.779. The topological polar surface area (TPSA) is 58.6 Å². The fraction of sp³-hybridized carbons (Fsp3) is 0.417. The van der Waals surface area contributed by atoms with Gasteiger partial charge in [-0.05, 0) is 49.9 Å². The van der Waals surface area contributed by atoms with Crippen LogP contribution in [0.5, 0.6) is 0 Å². The summed E-state index contributed by atoms with van der Waals surface area (Å²) < 4.78 is 5.40. The van der Waals surface area contributed by atoms with E-state index in [1.54, 1.807) is 4.90 Å². The van der Waals surface area contributed by atoms with E-state index < -0.39 is 0 Å². The first-order valence-electron chi connectivity index (χ1n) is 10.4. The van der Waals surface area contributed by atoms with Crippen LogP contribution in [0.25, 0.3) is 0 Å². The predicted octanol–water partition coefficient (Wildman–Crippen LogP) is 3.70. The molecule has 1 saturated heterocycles. The second kappa shape index (κ2) is 10.2. The normalized spacial score (nSPS) is 16.5. The lowest BCUT2D eigenvalue weighted by atomic mass is 9.96. The van der Waals surface area contributed by atoms with Crippen molar-refractivity contribution < 1.29 is 14.3 Å². The van der Waals surface area contributed by atoms with E-state index in [0.29, 0.717) is 38.4 Å². The van der Waals surface area contributed by atoms with Crippen molar-refractivity contribution in [2.45, 2.75) is 39.8 Å². The number of likely N-dealkylation sites (tertiary alicyclic amines) is 1. The molecule has 3 rings (SSSR count). The fourth-order valence-electron chi connectivity index (χ4n) is 3.56. The summed E-state index contributed by atoms with van der Waals surface area (Å²) >= 11 is 0. The van der Waals surface area contributed by atoms with Crippen molar-refractivity contribution in [1.82, 2.24) is 10.2 Å². The minimum absolute atomic E-state index is 0.00684. The van der Waals surface area contributed by atoms with Gasteiger partial charge in [0.05, 0.1) is 12.5 Å². The maximum atomic E-state index is 12.7. The van der Waals surface area contributed by atoms with Gasteiger partial charge in [0, 0.05) is 31.8 Å². The van der Waals surface area contributed by atoms with Crippen LogP contribution in [0.15, 0.2) is 48.5 Å². The van der Waals surface area contributed by atoms with Crippen molar-refractivity contribution in [2.75, 3.05) is 19.7 Å². The van der Waals surface area contributed by atoms with Gasteiger partial charge < -0.3 is 15.0 Å². The molecule has 0 spiro atoms. The van der Waals surface area contributed by atoms with Crippen LogP contribution in [0.4, 0.5) is 0 Å². The van der Waals surface area contributed by atoms with E-state index in [1.807, 2.05) is 62.4 Å². The summed E-state index contributed by atoms with van der Waals surface area (Å²) in [6.07, 6.45) is 1.67. The number of nitrogens with zero attached hydrogens (tertiary/aromatic N) is 1. The molecule has 0 saturated carbocycles. The van der Waals surface area contributed by atoms with Crippen molar-refractivity contribution in [1.29, 1.82) is 0 Å². The minimum atomic E-state index is -0.157. The Balaban J connectivity index is 1.51. The van der Waals surface area contributed by atoms with Crippen LogP contribution in [-0.4, -0.2) is 36.4 Å². The minimum Gasteiger partial charge on any atom is -0.377 e. The molecule has 0 radical (unpaired) electrons. The molecule has 2 aromatic carbocycles. The molecule has 29 heavy (non-hydrogen) atoms. The van der Waals surface area contributed by atoms with Gasteiger partial charge in [-0.25, -0.2) is 0 Å². The van der Waals surface area contributed by atoms with E-state index >= 15 is 0 Å². The maximum absolute atomic E-state index is 12.7. The van der Waals surface area contributed by atoms with Crippen LogP contribution in [0.1, 0.15) is 46.8 Å². The van der Waals surface area contributed by atoms with Gasteiger partial charge in [-0.1, -0.05) is 42.0 Å². The van der Waals surface area contributed by atoms with E-state index in [4.69, 9.17) is 4.74 Å².